The SMILES string of the molecule is O=C(CCCc1ccccc1)NCCCNc1ncccn1. The summed E-state index contributed by atoms with van der Waals surface area (Å²) < 4.78 is 0. The van der Waals surface area contributed by atoms with Gasteiger partial charge in [-0.3, -0.25) is 4.79 Å². The number of nitrogens with one attached hydrogen (secondary N) is 2. The van der Waals surface area contributed by atoms with Crippen molar-refractivity contribution in [2.75, 3.05) is 18.4 Å². The van der Waals surface area contributed by atoms with Crippen LogP contribution in [0.15, 0.2) is 48.8 Å². The summed E-state index contributed by atoms with van der Waals surface area (Å²) in [5.74, 6) is 0.739. The first-order chi connectivity index (χ1) is 10.8. The van der Waals surface area contributed by atoms with Crippen molar-refractivity contribution < 1.29 is 4.79 Å². The van der Waals surface area contributed by atoms with Gasteiger partial charge in [-0.2, -0.15) is 0 Å². The van der Waals surface area contributed by atoms with E-state index in [1.54, 1.807) is 18.5 Å². The van der Waals surface area contributed by atoms with E-state index >= 15 is 0 Å². The van der Waals surface area contributed by atoms with Gasteiger partial charge in [-0.05, 0) is 30.9 Å². The number of amides is 1. The van der Waals surface area contributed by atoms with Crippen LogP contribution < -0.4 is 10.6 Å². The Hall–Kier alpha value is -2.43. The van der Waals surface area contributed by atoms with Gasteiger partial charge >= 0.3 is 0 Å². The molecule has 116 valence electrons. The van der Waals surface area contributed by atoms with Gasteiger partial charge in [0.15, 0.2) is 0 Å². The van der Waals surface area contributed by atoms with Crippen LogP contribution in [0, 0.1) is 0 Å². The van der Waals surface area contributed by atoms with Crippen molar-refractivity contribution in [2.24, 2.45) is 0 Å². The molecule has 5 nitrogen and oxygen atoms in total. The van der Waals surface area contributed by atoms with E-state index in [0.29, 0.717) is 18.9 Å². The molecule has 0 atom stereocenters. The lowest BCUT2D eigenvalue weighted by Crippen LogP contribution is -2.25. The number of nitrogens with zero attached hydrogens (tertiary/aromatic N) is 2. The Balaban J connectivity index is 1.49. The lowest BCUT2D eigenvalue weighted by Gasteiger charge is -2.06. The average molecular weight is 298 g/mol. The summed E-state index contributed by atoms with van der Waals surface area (Å²) in [6.45, 7) is 1.41. The molecule has 0 fully saturated rings. The Bertz CT molecular complexity index is 545. The van der Waals surface area contributed by atoms with Crippen LogP contribution in [0.2, 0.25) is 0 Å². The van der Waals surface area contributed by atoms with E-state index in [-0.39, 0.29) is 5.91 Å². The molecule has 0 bridgehead atoms. The second-order valence-electron chi connectivity index (χ2n) is 5.04. The molecule has 2 rings (SSSR count). The molecule has 0 spiro atoms. The normalized spacial score (nSPS) is 10.2. The maximum Gasteiger partial charge on any atom is 0.222 e. The molecule has 22 heavy (non-hydrogen) atoms. The summed E-state index contributed by atoms with van der Waals surface area (Å²) in [6, 6.07) is 12.0. The van der Waals surface area contributed by atoms with Gasteiger partial charge in [-0.1, -0.05) is 30.3 Å². The van der Waals surface area contributed by atoms with E-state index in [4.69, 9.17) is 0 Å². The van der Waals surface area contributed by atoms with Crippen molar-refractivity contribution in [2.45, 2.75) is 25.7 Å². The minimum Gasteiger partial charge on any atom is -0.356 e. The van der Waals surface area contributed by atoms with Gasteiger partial charge in [0.1, 0.15) is 0 Å². The van der Waals surface area contributed by atoms with E-state index in [1.165, 1.54) is 5.56 Å². The predicted molar refractivity (Wildman–Crippen MR) is 87.5 cm³/mol. The molecule has 0 saturated heterocycles. The molecule has 2 N–H and O–H groups in total. The van der Waals surface area contributed by atoms with E-state index in [9.17, 15) is 4.79 Å². The lowest BCUT2D eigenvalue weighted by molar-refractivity contribution is -0.121. The first-order valence-electron chi connectivity index (χ1n) is 7.66. The first-order valence-corrected chi connectivity index (χ1v) is 7.66. The molecule has 0 aliphatic heterocycles. The lowest BCUT2D eigenvalue weighted by atomic mass is 10.1. The molecule has 1 heterocycles. The van der Waals surface area contributed by atoms with Gasteiger partial charge in [0, 0.05) is 31.9 Å². The van der Waals surface area contributed by atoms with Crippen molar-refractivity contribution in [1.82, 2.24) is 15.3 Å². The molecule has 5 heteroatoms. The van der Waals surface area contributed by atoms with Gasteiger partial charge in [-0.25, -0.2) is 9.97 Å². The Kier molecular flexibility index (Phi) is 6.88. The minimum atomic E-state index is 0.117. The molecule has 1 amide bonds. The average Bonchev–Trinajstić information content (AvgIpc) is 2.56. The molecule has 1 aromatic carbocycles. The first kappa shape index (κ1) is 15.9. The number of rotatable bonds is 9. The highest BCUT2D eigenvalue weighted by Crippen LogP contribution is 2.04. The highest BCUT2D eigenvalue weighted by Gasteiger charge is 2.01. The Morgan fingerprint density at radius 1 is 0.955 bits per heavy atom. The van der Waals surface area contributed by atoms with Crippen LogP contribution in [-0.4, -0.2) is 29.0 Å². The van der Waals surface area contributed by atoms with Crippen LogP contribution in [0.25, 0.3) is 0 Å². The standard InChI is InChI=1S/C17H22N4O/c22-16(10-4-9-15-7-2-1-3-8-15)18-11-5-12-19-17-20-13-6-14-21-17/h1-3,6-8,13-14H,4-5,9-12H2,(H,18,22)(H,19,20,21). The van der Waals surface area contributed by atoms with Crippen LogP contribution in [0.5, 0.6) is 0 Å². The maximum absolute atomic E-state index is 11.7. The zero-order chi connectivity index (χ0) is 15.5. The molecular weight excluding hydrogens is 276 g/mol. The topological polar surface area (TPSA) is 66.9 Å². The number of carbonyl (C=O) groups is 1. The molecule has 2 aromatic rings. The number of carbonyl (C=O) groups excluding carboxylic acids is 1. The van der Waals surface area contributed by atoms with Crippen molar-refractivity contribution >= 4 is 11.9 Å². The fourth-order valence-corrected chi connectivity index (χ4v) is 2.09. The van der Waals surface area contributed by atoms with Gasteiger partial charge in [-0.15, -0.1) is 0 Å². The quantitative estimate of drug-likeness (QED) is 0.698. The van der Waals surface area contributed by atoms with E-state index in [1.807, 2.05) is 18.2 Å². The number of anilines is 1. The van der Waals surface area contributed by atoms with Gasteiger partial charge in [0.2, 0.25) is 11.9 Å². The summed E-state index contributed by atoms with van der Waals surface area (Å²) in [5.41, 5.74) is 1.28. The predicted octanol–water partition coefficient (Wildman–Crippen LogP) is 2.42. The van der Waals surface area contributed by atoms with Gasteiger partial charge < -0.3 is 10.6 Å². The van der Waals surface area contributed by atoms with Crippen LogP contribution in [0.1, 0.15) is 24.8 Å². The molecule has 0 aliphatic carbocycles. The Morgan fingerprint density at radius 3 is 2.50 bits per heavy atom. The van der Waals surface area contributed by atoms with Crippen molar-refractivity contribution in [3.63, 3.8) is 0 Å². The second kappa shape index (κ2) is 9.50. The Labute approximate surface area is 131 Å². The molecular formula is C17H22N4O. The van der Waals surface area contributed by atoms with E-state index in [2.05, 4.69) is 32.7 Å². The van der Waals surface area contributed by atoms with Crippen LogP contribution in [0.4, 0.5) is 5.95 Å². The number of aryl methyl sites for hydroxylation is 1. The summed E-state index contributed by atoms with van der Waals surface area (Å²) in [7, 11) is 0. The Morgan fingerprint density at radius 2 is 1.73 bits per heavy atom. The molecule has 0 radical (unpaired) electrons. The van der Waals surface area contributed by atoms with Crippen molar-refractivity contribution in [3.05, 3.63) is 54.4 Å². The molecule has 1 aromatic heterocycles. The molecule has 0 saturated carbocycles. The van der Waals surface area contributed by atoms with E-state index < -0.39 is 0 Å². The molecule has 0 unspecified atom stereocenters. The van der Waals surface area contributed by atoms with Gasteiger partial charge in [0.05, 0.1) is 0 Å². The summed E-state index contributed by atoms with van der Waals surface area (Å²) in [6.07, 6.45) is 6.65. The number of hydrogen-bond donors (Lipinski definition) is 2. The number of hydrogen-bond acceptors (Lipinski definition) is 4. The third kappa shape index (κ3) is 6.35. The monoisotopic (exact) mass is 298 g/mol. The minimum absolute atomic E-state index is 0.117. The summed E-state index contributed by atoms with van der Waals surface area (Å²) >= 11 is 0. The maximum atomic E-state index is 11.7. The van der Waals surface area contributed by atoms with E-state index in [0.717, 1.165) is 25.8 Å². The fraction of sp³-hybridized carbons (Fsp3) is 0.353. The highest BCUT2D eigenvalue weighted by atomic mass is 16.1. The van der Waals surface area contributed by atoms with Crippen LogP contribution in [0.3, 0.4) is 0 Å². The summed E-state index contributed by atoms with van der Waals surface area (Å²) in [4.78, 5) is 19.9. The zero-order valence-electron chi connectivity index (χ0n) is 12.7. The van der Waals surface area contributed by atoms with Crippen LogP contribution >= 0.6 is 0 Å². The largest absolute Gasteiger partial charge is 0.356 e. The second-order valence-corrected chi connectivity index (χ2v) is 5.04. The smallest absolute Gasteiger partial charge is 0.222 e. The highest BCUT2D eigenvalue weighted by molar-refractivity contribution is 5.75. The third-order valence-electron chi connectivity index (χ3n) is 3.24. The summed E-state index contributed by atoms with van der Waals surface area (Å²) in [5, 5.41) is 6.04. The number of aromatic nitrogens is 2. The van der Waals surface area contributed by atoms with Gasteiger partial charge in [0.25, 0.3) is 0 Å². The molecule has 0 aliphatic rings. The zero-order valence-corrected chi connectivity index (χ0v) is 12.7. The van der Waals surface area contributed by atoms with Crippen molar-refractivity contribution in [1.29, 1.82) is 0 Å². The van der Waals surface area contributed by atoms with Crippen molar-refractivity contribution in [3.8, 4) is 0 Å². The third-order valence-corrected chi connectivity index (χ3v) is 3.24. The fourth-order valence-electron chi connectivity index (χ4n) is 2.09. The van der Waals surface area contributed by atoms with Crippen LogP contribution in [-0.2, 0) is 11.2 Å². The number of benzene rings is 1.